The molecule has 0 spiro atoms. The highest BCUT2D eigenvalue weighted by atomic mass is 79.9. The standard InChI is InChI=1S/C16H20BrN3O4/c1-10-3-4-12(11(17)7-10)19-14(21)9-20-6-5-18-16(23)13(20)8-15(22)24-2/h3-4,7,13H,5-6,8-9H2,1-2H3,(H,18,23)(H,19,21)/t13-/m0/s1. The van der Waals surface area contributed by atoms with Crippen LogP contribution < -0.4 is 10.6 Å². The Labute approximate surface area is 148 Å². The maximum Gasteiger partial charge on any atom is 0.307 e. The van der Waals surface area contributed by atoms with Gasteiger partial charge >= 0.3 is 5.97 Å². The molecule has 0 radical (unpaired) electrons. The summed E-state index contributed by atoms with van der Waals surface area (Å²) in [5, 5.41) is 5.51. The normalized spacial score (nSPS) is 18.0. The van der Waals surface area contributed by atoms with E-state index in [2.05, 4.69) is 31.3 Å². The number of nitrogens with one attached hydrogen (secondary N) is 2. The minimum absolute atomic E-state index is 0.0232. The molecule has 1 aromatic rings. The van der Waals surface area contributed by atoms with E-state index in [-0.39, 0.29) is 24.8 Å². The molecule has 1 fully saturated rings. The van der Waals surface area contributed by atoms with Crippen molar-refractivity contribution in [3.05, 3.63) is 28.2 Å². The van der Waals surface area contributed by atoms with Gasteiger partial charge in [-0.05, 0) is 40.5 Å². The van der Waals surface area contributed by atoms with Crippen molar-refractivity contribution < 1.29 is 19.1 Å². The fourth-order valence-electron chi connectivity index (χ4n) is 2.51. The number of carbonyl (C=O) groups excluding carboxylic acids is 3. The Kier molecular flexibility index (Phi) is 6.33. The van der Waals surface area contributed by atoms with Gasteiger partial charge < -0.3 is 15.4 Å². The molecule has 0 aliphatic carbocycles. The van der Waals surface area contributed by atoms with Crippen molar-refractivity contribution in [1.29, 1.82) is 0 Å². The van der Waals surface area contributed by atoms with E-state index in [0.717, 1.165) is 10.0 Å². The molecule has 2 amide bonds. The highest BCUT2D eigenvalue weighted by molar-refractivity contribution is 9.10. The summed E-state index contributed by atoms with van der Waals surface area (Å²) in [6, 6.07) is 4.92. The van der Waals surface area contributed by atoms with Gasteiger partial charge in [0.1, 0.15) is 6.04 Å². The number of carbonyl (C=O) groups is 3. The molecule has 1 heterocycles. The summed E-state index contributed by atoms with van der Waals surface area (Å²) in [5.41, 5.74) is 1.74. The van der Waals surface area contributed by atoms with E-state index in [1.165, 1.54) is 7.11 Å². The molecule has 0 bridgehead atoms. The molecule has 0 aromatic heterocycles. The summed E-state index contributed by atoms with van der Waals surface area (Å²) in [6.45, 7) is 2.92. The summed E-state index contributed by atoms with van der Waals surface area (Å²) in [4.78, 5) is 37.5. The van der Waals surface area contributed by atoms with Crippen LogP contribution in [0.2, 0.25) is 0 Å². The van der Waals surface area contributed by atoms with E-state index >= 15 is 0 Å². The van der Waals surface area contributed by atoms with Gasteiger partial charge in [0.05, 0.1) is 25.8 Å². The Balaban J connectivity index is 2.02. The number of hydrogen-bond donors (Lipinski definition) is 2. The zero-order valence-electron chi connectivity index (χ0n) is 13.6. The lowest BCUT2D eigenvalue weighted by Gasteiger charge is -2.33. The van der Waals surface area contributed by atoms with Crippen molar-refractivity contribution in [1.82, 2.24) is 10.2 Å². The molecule has 1 atom stereocenters. The highest BCUT2D eigenvalue weighted by Crippen LogP contribution is 2.23. The fourth-order valence-corrected chi connectivity index (χ4v) is 3.10. The molecule has 1 aliphatic heterocycles. The van der Waals surface area contributed by atoms with Crippen LogP contribution >= 0.6 is 15.9 Å². The number of anilines is 1. The zero-order chi connectivity index (χ0) is 17.7. The van der Waals surface area contributed by atoms with Crippen molar-refractivity contribution >= 4 is 39.4 Å². The van der Waals surface area contributed by atoms with Gasteiger partial charge in [-0.2, -0.15) is 0 Å². The van der Waals surface area contributed by atoms with Gasteiger partial charge in [0, 0.05) is 17.6 Å². The van der Waals surface area contributed by atoms with Gasteiger partial charge in [0.2, 0.25) is 11.8 Å². The average Bonchev–Trinajstić information content (AvgIpc) is 2.53. The van der Waals surface area contributed by atoms with Crippen molar-refractivity contribution in [2.24, 2.45) is 0 Å². The van der Waals surface area contributed by atoms with E-state index in [4.69, 9.17) is 0 Å². The molecular formula is C16H20BrN3O4. The number of benzene rings is 1. The van der Waals surface area contributed by atoms with E-state index in [0.29, 0.717) is 18.8 Å². The minimum atomic E-state index is -0.696. The van der Waals surface area contributed by atoms with E-state index in [9.17, 15) is 14.4 Å². The first-order valence-electron chi connectivity index (χ1n) is 7.55. The van der Waals surface area contributed by atoms with E-state index in [1.807, 2.05) is 25.1 Å². The molecular weight excluding hydrogens is 378 g/mol. The lowest BCUT2D eigenvalue weighted by molar-refractivity contribution is -0.146. The molecule has 0 saturated carbocycles. The fraction of sp³-hybridized carbons (Fsp3) is 0.438. The number of halogens is 1. The SMILES string of the molecule is COC(=O)C[C@H]1C(=O)NCCN1CC(=O)Nc1ccc(C)cc1Br. The third-order valence-corrected chi connectivity index (χ3v) is 4.43. The second kappa shape index (κ2) is 8.25. The predicted octanol–water partition coefficient (Wildman–Crippen LogP) is 1.06. The largest absolute Gasteiger partial charge is 0.469 e. The number of hydrogen-bond acceptors (Lipinski definition) is 5. The summed E-state index contributed by atoms with van der Waals surface area (Å²) in [6.07, 6.45) is -0.0795. The first-order valence-corrected chi connectivity index (χ1v) is 8.34. The van der Waals surface area contributed by atoms with Gasteiger partial charge in [-0.3, -0.25) is 19.3 Å². The van der Waals surface area contributed by atoms with Crippen molar-refractivity contribution in [2.45, 2.75) is 19.4 Å². The van der Waals surface area contributed by atoms with Crippen LogP contribution in [-0.4, -0.2) is 55.5 Å². The molecule has 2 rings (SSSR count). The molecule has 0 unspecified atom stereocenters. The average molecular weight is 398 g/mol. The quantitative estimate of drug-likeness (QED) is 0.725. The number of methoxy groups -OCH3 is 1. The maximum atomic E-state index is 12.3. The van der Waals surface area contributed by atoms with Crippen molar-refractivity contribution in [2.75, 3.05) is 32.1 Å². The predicted molar refractivity (Wildman–Crippen MR) is 92.5 cm³/mol. The van der Waals surface area contributed by atoms with Crippen molar-refractivity contribution in [3.8, 4) is 0 Å². The number of esters is 1. The Morgan fingerprint density at radius 1 is 1.46 bits per heavy atom. The molecule has 130 valence electrons. The van der Waals surface area contributed by atoms with Gasteiger partial charge in [-0.25, -0.2) is 0 Å². The van der Waals surface area contributed by atoms with Crippen molar-refractivity contribution in [3.63, 3.8) is 0 Å². The lowest BCUT2D eigenvalue weighted by Crippen LogP contribution is -2.57. The van der Waals surface area contributed by atoms with Gasteiger partial charge in [0.25, 0.3) is 0 Å². The van der Waals surface area contributed by atoms with Crippen LogP contribution in [0.15, 0.2) is 22.7 Å². The number of aryl methyl sites for hydroxylation is 1. The molecule has 8 heteroatoms. The maximum absolute atomic E-state index is 12.3. The first-order chi connectivity index (χ1) is 11.4. The van der Waals surface area contributed by atoms with Crippen LogP contribution in [0.25, 0.3) is 0 Å². The smallest absolute Gasteiger partial charge is 0.307 e. The summed E-state index contributed by atoms with van der Waals surface area (Å²) in [5.74, 6) is -0.996. The Morgan fingerprint density at radius 2 is 2.21 bits per heavy atom. The summed E-state index contributed by atoms with van der Waals surface area (Å²) >= 11 is 3.41. The van der Waals surface area contributed by atoms with Crippen LogP contribution in [0, 0.1) is 6.92 Å². The third kappa shape index (κ3) is 4.78. The molecule has 2 N–H and O–H groups in total. The number of rotatable bonds is 5. The third-order valence-electron chi connectivity index (χ3n) is 3.77. The molecule has 1 saturated heterocycles. The topological polar surface area (TPSA) is 87.7 Å². The number of piperazine rings is 1. The number of nitrogens with zero attached hydrogens (tertiary/aromatic N) is 1. The van der Waals surface area contributed by atoms with Gasteiger partial charge in [-0.1, -0.05) is 6.07 Å². The lowest BCUT2D eigenvalue weighted by atomic mass is 10.1. The van der Waals surface area contributed by atoms with E-state index in [1.54, 1.807) is 4.90 Å². The second-order valence-corrected chi connectivity index (χ2v) is 6.44. The minimum Gasteiger partial charge on any atom is -0.469 e. The van der Waals surface area contributed by atoms with Gasteiger partial charge in [0.15, 0.2) is 0 Å². The highest BCUT2D eigenvalue weighted by Gasteiger charge is 2.33. The Morgan fingerprint density at radius 3 is 2.88 bits per heavy atom. The van der Waals surface area contributed by atoms with Gasteiger partial charge in [-0.15, -0.1) is 0 Å². The molecule has 1 aromatic carbocycles. The Bertz CT molecular complexity index is 650. The van der Waals surface area contributed by atoms with Crippen LogP contribution in [-0.2, 0) is 19.1 Å². The molecule has 7 nitrogen and oxygen atoms in total. The zero-order valence-corrected chi connectivity index (χ0v) is 15.2. The number of ether oxygens (including phenoxy) is 1. The monoisotopic (exact) mass is 397 g/mol. The van der Waals surface area contributed by atoms with Crippen LogP contribution in [0.4, 0.5) is 5.69 Å². The summed E-state index contributed by atoms with van der Waals surface area (Å²) < 4.78 is 5.41. The molecule has 1 aliphatic rings. The number of amides is 2. The summed E-state index contributed by atoms with van der Waals surface area (Å²) in [7, 11) is 1.27. The Hall–Kier alpha value is -1.93. The second-order valence-electron chi connectivity index (χ2n) is 5.59. The van der Waals surface area contributed by atoms with Crippen LogP contribution in [0.3, 0.4) is 0 Å². The molecule has 24 heavy (non-hydrogen) atoms. The van der Waals surface area contributed by atoms with Crippen LogP contribution in [0.5, 0.6) is 0 Å². The van der Waals surface area contributed by atoms with E-state index < -0.39 is 12.0 Å². The van der Waals surface area contributed by atoms with Crippen LogP contribution in [0.1, 0.15) is 12.0 Å². The first kappa shape index (κ1) is 18.4.